The highest BCUT2D eigenvalue weighted by Gasteiger charge is 2.22. The fraction of sp³-hybridized carbons (Fsp3) is 0.583. The third-order valence-corrected chi connectivity index (χ3v) is 4.59. The van der Waals surface area contributed by atoms with E-state index in [9.17, 15) is 8.42 Å². The minimum atomic E-state index is -3.42. The van der Waals surface area contributed by atoms with Crippen LogP contribution in [0, 0.1) is 0 Å². The Labute approximate surface area is 108 Å². The molecule has 0 bridgehead atoms. The Bertz CT molecular complexity index is 479. The molecule has 6 heteroatoms. The maximum absolute atomic E-state index is 12.1. The number of hydrogen-bond acceptors (Lipinski definition) is 4. The molecule has 0 aliphatic heterocycles. The largest absolute Gasteiger partial charge is 0.370 e. The van der Waals surface area contributed by atoms with E-state index < -0.39 is 10.0 Å². The first-order valence-electron chi connectivity index (χ1n) is 6.34. The lowest BCUT2D eigenvalue weighted by atomic mass is 10.3. The number of sulfonamides is 1. The quantitative estimate of drug-likeness (QED) is 0.854. The molecule has 1 fully saturated rings. The van der Waals surface area contributed by atoms with Crippen LogP contribution in [0.15, 0.2) is 23.2 Å². The zero-order chi connectivity index (χ0) is 13.0. The van der Waals surface area contributed by atoms with Gasteiger partial charge in [-0.05, 0) is 31.9 Å². The van der Waals surface area contributed by atoms with E-state index in [1.165, 1.54) is 6.20 Å². The van der Waals surface area contributed by atoms with Crippen LogP contribution in [0.4, 0.5) is 5.82 Å². The van der Waals surface area contributed by atoms with Crippen LogP contribution in [0.5, 0.6) is 0 Å². The van der Waals surface area contributed by atoms with Crippen LogP contribution in [0.25, 0.3) is 0 Å². The molecule has 0 saturated heterocycles. The van der Waals surface area contributed by atoms with Crippen LogP contribution < -0.4 is 10.0 Å². The predicted molar refractivity (Wildman–Crippen MR) is 71.0 cm³/mol. The number of aromatic nitrogens is 1. The molecule has 5 nitrogen and oxygen atoms in total. The zero-order valence-electron chi connectivity index (χ0n) is 10.5. The van der Waals surface area contributed by atoms with Crippen molar-refractivity contribution in [1.29, 1.82) is 0 Å². The molecule has 1 saturated carbocycles. The number of nitrogens with zero attached hydrogens (tertiary/aromatic N) is 1. The third-order valence-electron chi connectivity index (χ3n) is 3.08. The molecule has 0 aromatic carbocycles. The maximum Gasteiger partial charge on any atom is 0.242 e. The van der Waals surface area contributed by atoms with Gasteiger partial charge >= 0.3 is 0 Å². The highest BCUT2D eigenvalue weighted by molar-refractivity contribution is 7.89. The summed E-state index contributed by atoms with van der Waals surface area (Å²) in [6.07, 6.45) is 5.47. The fourth-order valence-corrected chi connectivity index (χ4v) is 3.41. The van der Waals surface area contributed by atoms with Crippen molar-refractivity contribution in [3.63, 3.8) is 0 Å². The van der Waals surface area contributed by atoms with Crippen molar-refractivity contribution >= 4 is 15.8 Å². The molecule has 0 radical (unpaired) electrons. The van der Waals surface area contributed by atoms with Crippen LogP contribution in [-0.2, 0) is 10.0 Å². The van der Waals surface area contributed by atoms with Gasteiger partial charge in [-0.1, -0.05) is 12.8 Å². The highest BCUT2D eigenvalue weighted by atomic mass is 32.2. The predicted octanol–water partition coefficient (Wildman–Crippen LogP) is 1.73. The normalized spacial score (nSPS) is 16.9. The van der Waals surface area contributed by atoms with E-state index in [2.05, 4.69) is 15.0 Å². The molecule has 1 aliphatic rings. The van der Waals surface area contributed by atoms with E-state index in [1.807, 2.05) is 6.92 Å². The first kappa shape index (κ1) is 13.3. The lowest BCUT2D eigenvalue weighted by Crippen LogP contribution is -2.32. The number of anilines is 1. The Balaban J connectivity index is 2.08. The first-order chi connectivity index (χ1) is 8.62. The molecule has 0 atom stereocenters. The van der Waals surface area contributed by atoms with E-state index in [0.29, 0.717) is 5.82 Å². The van der Waals surface area contributed by atoms with Gasteiger partial charge in [0.05, 0.1) is 0 Å². The van der Waals surface area contributed by atoms with Gasteiger partial charge in [-0.2, -0.15) is 0 Å². The second-order valence-corrected chi connectivity index (χ2v) is 6.23. The molecule has 1 aromatic rings. The molecule has 1 aromatic heterocycles. The van der Waals surface area contributed by atoms with Gasteiger partial charge in [0.15, 0.2) is 0 Å². The van der Waals surface area contributed by atoms with Crippen LogP contribution in [0.3, 0.4) is 0 Å². The van der Waals surface area contributed by atoms with Gasteiger partial charge in [-0.25, -0.2) is 18.1 Å². The highest BCUT2D eigenvalue weighted by Crippen LogP contribution is 2.20. The summed E-state index contributed by atoms with van der Waals surface area (Å²) in [6, 6.07) is 3.36. The lowest BCUT2D eigenvalue weighted by Gasteiger charge is -2.12. The van der Waals surface area contributed by atoms with Crippen LogP contribution in [-0.4, -0.2) is 26.0 Å². The van der Waals surface area contributed by atoms with Gasteiger partial charge in [0.2, 0.25) is 10.0 Å². The smallest absolute Gasteiger partial charge is 0.242 e. The summed E-state index contributed by atoms with van der Waals surface area (Å²) in [5.74, 6) is 0.692. The van der Waals surface area contributed by atoms with E-state index >= 15 is 0 Å². The summed E-state index contributed by atoms with van der Waals surface area (Å²) in [4.78, 5) is 4.31. The van der Waals surface area contributed by atoms with Gasteiger partial charge in [0, 0.05) is 18.8 Å². The molecular formula is C12H19N3O2S. The Morgan fingerprint density at radius 2 is 2.06 bits per heavy atom. The second-order valence-electron chi connectivity index (χ2n) is 4.51. The molecule has 2 rings (SSSR count). The van der Waals surface area contributed by atoms with Crippen molar-refractivity contribution in [3.05, 3.63) is 18.3 Å². The molecule has 0 unspecified atom stereocenters. The summed E-state index contributed by atoms with van der Waals surface area (Å²) >= 11 is 0. The minimum Gasteiger partial charge on any atom is -0.370 e. The Hall–Kier alpha value is -1.14. The molecule has 1 heterocycles. The van der Waals surface area contributed by atoms with Gasteiger partial charge in [0.1, 0.15) is 10.7 Å². The fourth-order valence-electron chi connectivity index (χ4n) is 2.16. The average molecular weight is 269 g/mol. The molecule has 0 amide bonds. The van der Waals surface area contributed by atoms with Crippen molar-refractivity contribution in [3.8, 4) is 0 Å². The molecule has 18 heavy (non-hydrogen) atoms. The van der Waals surface area contributed by atoms with Gasteiger partial charge < -0.3 is 5.32 Å². The minimum absolute atomic E-state index is 0.0865. The van der Waals surface area contributed by atoms with Crippen molar-refractivity contribution in [2.45, 2.75) is 43.5 Å². The van der Waals surface area contributed by atoms with E-state index in [1.54, 1.807) is 12.1 Å². The van der Waals surface area contributed by atoms with Crippen molar-refractivity contribution in [2.24, 2.45) is 0 Å². The summed E-state index contributed by atoms with van der Waals surface area (Å²) in [5.41, 5.74) is 0. The summed E-state index contributed by atoms with van der Waals surface area (Å²) in [6.45, 7) is 2.73. The zero-order valence-corrected chi connectivity index (χ0v) is 11.3. The summed E-state index contributed by atoms with van der Waals surface area (Å²) in [5, 5.41) is 3.03. The Morgan fingerprint density at radius 1 is 1.33 bits per heavy atom. The summed E-state index contributed by atoms with van der Waals surface area (Å²) < 4.78 is 26.9. The second kappa shape index (κ2) is 5.67. The van der Waals surface area contributed by atoms with Gasteiger partial charge in [-0.15, -0.1) is 0 Å². The Morgan fingerprint density at radius 3 is 2.61 bits per heavy atom. The van der Waals surface area contributed by atoms with Crippen molar-refractivity contribution in [1.82, 2.24) is 9.71 Å². The lowest BCUT2D eigenvalue weighted by molar-refractivity contribution is 0.552. The third kappa shape index (κ3) is 3.20. The van der Waals surface area contributed by atoms with Crippen LogP contribution in [0.2, 0.25) is 0 Å². The SMILES string of the molecule is CCNc1ccc(S(=O)(=O)NC2CCCC2)cn1. The van der Waals surface area contributed by atoms with Gasteiger partial charge in [-0.3, -0.25) is 0 Å². The van der Waals surface area contributed by atoms with E-state index in [0.717, 1.165) is 32.2 Å². The monoisotopic (exact) mass is 269 g/mol. The van der Waals surface area contributed by atoms with Gasteiger partial charge in [0.25, 0.3) is 0 Å². The topological polar surface area (TPSA) is 71.1 Å². The van der Waals surface area contributed by atoms with Crippen LogP contribution in [0.1, 0.15) is 32.6 Å². The average Bonchev–Trinajstić information content (AvgIpc) is 2.82. The number of nitrogens with one attached hydrogen (secondary N) is 2. The van der Waals surface area contributed by atoms with E-state index in [-0.39, 0.29) is 10.9 Å². The summed E-state index contributed by atoms with van der Waals surface area (Å²) in [7, 11) is -3.42. The van der Waals surface area contributed by atoms with Crippen molar-refractivity contribution < 1.29 is 8.42 Å². The van der Waals surface area contributed by atoms with Crippen molar-refractivity contribution in [2.75, 3.05) is 11.9 Å². The molecule has 2 N–H and O–H groups in total. The molecule has 1 aliphatic carbocycles. The molecule has 0 spiro atoms. The maximum atomic E-state index is 12.1. The van der Waals surface area contributed by atoms with Crippen LogP contribution >= 0.6 is 0 Å². The molecule has 100 valence electrons. The number of hydrogen-bond donors (Lipinski definition) is 2. The standard InChI is InChI=1S/C12H19N3O2S/c1-2-13-12-8-7-11(9-14-12)18(16,17)15-10-5-3-4-6-10/h7-10,15H,2-6H2,1H3,(H,13,14). The molecular weight excluding hydrogens is 250 g/mol. The number of rotatable bonds is 5. The Kier molecular flexibility index (Phi) is 4.19. The van der Waals surface area contributed by atoms with E-state index in [4.69, 9.17) is 0 Å². The number of pyridine rings is 1. The first-order valence-corrected chi connectivity index (χ1v) is 7.82.